The van der Waals surface area contributed by atoms with Crippen LogP contribution < -0.4 is 0 Å². The Labute approximate surface area is 129 Å². The first-order chi connectivity index (χ1) is 9.54. The molecular formula is C14H13BrClN3O. The van der Waals surface area contributed by atoms with E-state index >= 15 is 0 Å². The van der Waals surface area contributed by atoms with Crippen LogP contribution in [0, 0.1) is 6.92 Å². The zero-order chi connectivity index (χ0) is 14.3. The number of nitrogens with zero attached hydrogens (tertiary/aromatic N) is 3. The lowest BCUT2D eigenvalue weighted by atomic mass is 10.3. The van der Waals surface area contributed by atoms with Crippen molar-refractivity contribution >= 4 is 38.6 Å². The number of hydrogen-bond acceptors (Lipinski definition) is 3. The quantitative estimate of drug-likeness (QED) is 0.653. The molecule has 0 saturated carbocycles. The van der Waals surface area contributed by atoms with Gasteiger partial charge in [-0.3, -0.25) is 0 Å². The van der Waals surface area contributed by atoms with Crippen molar-refractivity contribution < 1.29 is 4.52 Å². The number of hydrogen-bond donors (Lipinski definition) is 0. The summed E-state index contributed by atoms with van der Waals surface area (Å²) < 4.78 is 8.20. The number of benzene rings is 1. The van der Waals surface area contributed by atoms with Crippen LogP contribution >= 0.6 is 27.5 Å². The Bertz CT molecular complexity index is 763. The first kappa shape index (κ1) is 13.6. The van der Waals surface area contributed by atoms with Crippen molar-refractivity contribution in [3.8, 4) is 0 Å². The van der Waals surface area contributed by atoms with Gasteiger partial charge in [-0.25, -0.2) is 4.98 Å². The molecule has 0 N–H and O–H groups in total. The molecule has 0 bridgehead atoms. The van der Waals surface area contributed by atoms with E-state index in [1.165, 1.54) is 0 Å². The Morgan fingerprint density at radius 2 is 2.20 bits per heavy atom. The van der Waals surface area contributed by atoms with E-state index in [1.807, 2.05) is 38.1 Å². The Balaban J connectivity index is 2.13. The van der Waals surface area contributed by atoms with Crippen molar-refractivity contribution in [1.82, 2.24) is 14.7 Å². The normalized spacial score (nSPS) is 13.0. The van der Waals surface area contributed by atoms with Crippen LogP contribution in [0.1, 0.15) is 29.6 Å². The fourth-order valence-corrected chi connectivity index (χ4v) is 2.76. The summed E-state index contributed by atoms with van der Waals surface area (Å²) in [4.78, 5) is 4.62. The summed E-state index contributed by atoms with van der Waals surface area (Å²) in [6.45, 7) is 4.40. The van der Waals surface area contributed by atoms with E-state index in [0.29, 0.717) is 6.54 Å². The summed E-state index contributed by atoms with van der Waals surface area (Å²) in [5.41, 5.74) is 2.82. The molecule has 1 aromatic carbocycles. The van der Waals surface area contributed by atoms with Crippen molar-refractivity contribution in [2.45, 2.75) is 25.8 Å². The Morgan fingerprint density at radius 3 is 2.85 bits per heavy atom. The van der Waals surface area contributed by atoms with Crippen LogP contribution in [0.3, 0.4) is 0 Å². The summed E-state index contributed by atoms with van der Waals surface area (Å²) in [6, 6.07) is 7.94. The average molecular weight is 355 g/mol. The van der Waals surface area contributed by atoms with E-state index in [-0.39, 0.29) is 5.38 Å². The van der Waals surface area contributed by atoms with Crippen LogP contribution in [-0.4, -0.2) is 14.7 Å². The summed E-state index contributed by atoms with van der Waals surface area (Å²) in [5, 5.41) is 3.87. The lowest BCUT2D eigenvalue weighted by Crippen LogP contribution is -2.06. The summed E-state index contributed by atoms with van der Waals surface area (Å²) in [6.07, 6.45) is 0. The van der Waals surface area contributed by atoms with Crippen molar-refractivity contribution in [2.24, 2.45) is 0 Å². The highest BCUT2D eigenvalue weighted by Crippen LogP contribution is 2.27. The second-order valence-electron chi connectivity index (χ2n) is 4.73. The van der Waals surface area contributed by atoms with E-state index in [1.54, 1.807) is 0 Å². The molecule has 0 fully saturated rings. The summed E-state index contributed by atoms with van der Waals surface area (Å²) in [5.74, 6) is 1.63. The van der Waals surface area contributed by atoms with Crippen LogP contribution in [0.4, 0.5) is 0 Å². The number of aryl methyl sites for hydroxylation is 1. The maximum atomic E-state index is 6.25. The lowest BCUT2D eigenvalue weighted by molar-refractivity contribution is 0.389. The molecule has 0 aliphatic heterocycles. The smallest absolute Gasteiger partial charge is 0.133 e. The minimum Gasteiger partial charge on any atom is -0.361 e. The molecule has 0 aliphatic carbocycles. The summed E-state index contributed by atoms with van der Waals surface area (Å²) >= 11 is 9.72. The van der Waals surface area contributed by atoms with Crippen molar-refractivity contribution in [2.75, 3.05) is 0 Å². The average Bonchev–Trinajstić information content (AvgIpc) is 2.94. The lowest BCUT2D eigenvalue weighted by Gasteiger charge is -2.08. The molecule has 0 aliphatic rings. The minimum atomic E-state index is -0.172. The topological polar surface area (TPSA) is 43.9 Å². The highest BCUT2D eigenvalue weighted by atomic mass is 79.9. The first-order valence-electron chi connectivity index (χ1n) is 6.26. The molecule has 1 unspecified atom stereocenters. The molecule has 0 saturated heterocycles. The van der Waals surface area contributed by atoms with Gasteiger partial charge in [0.15, 0.2) is 0 Å². The standard InChI is InChI=1S/C14H13BrClN3O/c1-8-5-11(18-20-8)7-19-13-4-3-10(15)6-12(13)17-14(19)9(2)16/h3-6,9H,7H2,1-2H3. The number of alkyl halides is 1. The number of fused-ring (bicyclic) bond motifs is 1. The zero-order valence-electron chi connectivity index (χ0n) is 11.1. The minimum absolute atomic E-state index is 0.172. The number of rotatable bonds is 3. The number of aromatic nitrogens is 3. The maximum Gasteiger partial charge on any atom is 0.133 e. The fourth-order valence-electron chi connectivity index (χ4n) is 2.25. The SMILES string of the molecule is Cc1cc(Cn2c(C(C)Cl)nc3cc(Br)ccc32)no1. The van der Waals surface area contributed by atoms with Crippen LogP contribution in [-0.2, 0) is 6.54 Å². The van der Waals surface area contributed by atoms with Gasteiger partial charge in [0, 0.05) is 10.5 Å². The number of imidazole rings is 1. The van der Waals surface area contributed by atoms with E-state index in [4.69, 9.17) is 16.1 Å². The third kappa shape index (κ3) is 2.47. The number of halogens is 2. The molecule has 3 aromatic rings. The molecule has 0 spiro atoms. The van der Waals surface area contributed by atoms with Gasteiger partial charge < -0.3 is 9.09 Å². The predicted octanol–water partition coefficient (Wildman–Crippen LogP) is 4.44. The molecule has 1 atom stereocenters. The van der Waals surface area contributed by atoms with Gasteiger partial charge in [-0.15, -0.1) is 11.6 Å². The molecule has 20 heavy (non-hydrogen) atoms. The van der Waals surface area contributed by atoms with Gasteiger partial charge in [0.2, 0.25) is 0 Å². The van der Waals surface area contributed by atoms with E-state index in [9.17, 15) is 0 Å². The van der Waals surface area contributed by atoms with Gasteiger partial charge in [0.05, 0.1) is 23.0 Å². The third-order valence-corrected chi connectivity index (χ3v) is 3.78. The van der Waals surface area contributed by atoms with Crippen molar-refractivity contribution in [3.63, 3.8) is 0 Å². The molecule has 4 nitrogen and oxygen atoms in total. The second kappa shape index (κ2) is 5.22. The van der Waals surface area contributed by atoms with Gasteiger partial charge >= 0.3 is 0 Å². The molecule has 104 valence electrons. The van der Waals surface area contributed by atoms with Gasteiger partial charge in [0.1, 0.15) is 17.3 Å². The van der Waals surface area contributed by atoms with E-state index in [2.05, 4.69) is 30.6 Å². The molecule has 0 radical (unpaired) electrons. The zero-order valence-corrected chi connectivity index (χ0v) is 13.4. The van der Waals surface area contributed by atoms with E-state index in [0.717, 1.165) is 32.8 Å². The molecular weight excluding hydrogens is 342 g/mol. The Kier molecular flexibility index (Phi) is 3.56. The van der Waals surface area contributed by atoms with Crippen LogP contribution in [0.2, 0.25) is 0 Å². The molecule has 0 amide bonds. The molecule has 2 aromatic heterocycles. The third-order valence-electron chi connectivity index (χ3n) is 3.09. The predicted molar refractivity (Wildman–Crippen MR) is 82.0 cm³/mol. The summed E-state index contributed by atoms with van der Waals surface area (Å²) in [7, 11) is 0. The van der Waals surface area contributed by atoms with Gasteiger partial charge in [-0.1, -0.05) is 21.1 Å². The van der Waals surface area contributed by atoms with Gasteiger partial charge in [-0.05, 0) is 32.0 Å². The Hall–Kier alpha value is -1.33. The van der Waals surface area contributed by atoms with Gasteiger partial charge in [0.25, 0.3) is 0 Å². The maximum absolute atomic E-state index is 6.25. The van der Waals surface area contributed by atoms with E-state index < -0.39 is 0 Å². The Morgan fingerprint density at radius 1 is 1.40 bits per heavy atom. The van der Waals surface area contributed by atoms with Gasteiger partial charge in [-0.2, -0.15) is 0 Å². The second-order valence-corrected chi connectivity index (χ2v) is 6.30. The monoisotopic (exact) mass is 353 g/mol. The van der Waals surface area contributed by atoms with Crippen molar-refractivity contribution in [3.05, 3.63) is 46.0 Å². The largest absolute Gasteiger partial charge is 0.361 e. The van der Waals surface area contributed by atoms with Crippen LogP contribution in [0.15, 0.2) is 33.3 Å². The first-order valence-corrected chi connectivity index (χ1v) is 7.49. The molecule has 2 heterocycles. The van der Waals surface area contributed by atoms with Crippen LogP contribution in [0.25, 0.3) is 11.0 Å². The highest BCUT2D eigenvalue weighted by molar-refractivity contribution is 9.10. The van der Waals surface area contributed by atoms with Crippen molar-refractivity contribution in [1.29, 1.82) is 0 Å². The fraction of sp³-hybridized carbons (Fsp3) is 0.286. The highest BCUT2D eigenvalue weighted by Gasteiger charge is 2.16. The van der Waals surface area contributed by atoms with Crippen LogP contribution in [0.5, 0.6) is 0 Å². The molecule has 6 heteroatoms. The molecule has 3 rings (SSSR count).